The number of halogens is 5. The average molecular weight is 323 g/mol. The Bertz CT molecular complexity index is 574. The van der Waals surface area contributed by atoms with Crippen LogP contribution in [0.5, 0.6) is 0 Å². The Morgan fingerprint density at radius 2 is 1.58 bits per heavy atom. The van der Waals surface area contributed by atoms with Crippen LogP contribution in [0, 0.1) is 11.6 Å². The van der Waals surface area contributed by atoms with Gasteiger partial charge in [0.05, 0.1) is 10.0 Å². The predicted octanol–water partition coefficient (Wildman–Crippen LogP) is 5.54. The highest BCUT2D eigenvalue weighted by Gasteiger charge is 2.09. The zero-order valence-corrected chi connectivity index (χ0v) is 11.8. The molecule has 0 heterocycles. The van der Waals surface area contributed by atoms with Crippen molar-refractivity contribution >= 4 is 40.5 Å². The summed E-state index contributed by atoms with van der Waals surface area (Å²) in [6.45, 7) is 0.143. The maximum absolute atomic E-state index is 13.5. The summed E-state index contributed by atoms with van der Waals surface area (Å²) in [6.07, 6.45) is 0. The van der Waals surface area contributed by atoms with E-state index in [0.29, 0.717) is 16.3 Å². The SMILES string of the molecule is Fc1cccc(Cl)c1CNc1cc(Cl)c(F)c(Cl)c1. The van der Waals surface area contributed by atoms with Gasteiger partial charge in [0.1, 0.15) is 5.82 Å². The lowest BCUT2D eigenvalue weighted by Gasteiger charge is -2.10. The summed E-state index contributed by atoms with van der Waals surface area (Å²) in [4.78, 5) is 0. The maximum Gasteiger partial charge on any atom is 0.160 e. The Morgan fingerprint density at radius 3 is 2.16 bits per heavy atom. The molecule has 0 bridgehead atoms. The van der Waals surface area contributed by atoms with E-state index in [1.807, 2.05) is 0 Å². The summed E-state index contributed by atoms with van der Waals surface area (Å²) in [6, 6.07) is 7.17. The van der Waals surface area contributed by atoms with Crippen LogP contribution in [0.2, 0.25) is 15.1 Å². The van der Waals surface area contributed by atoms with Crippen molar-refractivity contribution < 1.29 is 8.78 Å². The lowest BCUT2D eigenvalue weighted by Crippen LogP contribution is -2.03. The Balaban J connectivity index is 2.19. The quantitative estimate of drug-likeness (QED) is 0.732. The molecule has 0 aromatic heterocycles. The Kier molecular flexibility index (Phi) is 4.50. The van der Waals surface area contributed by atoms with Crippen LogP contribution < -0.4 is 5.32 Å². The first-order valence-corrected chi connectivity index (χ1v) is 6.43. The van der Waals surface area contributed by atoms with E-state index in [2.05, 4.69) is 5.32 Å². The lowest BCUT2D eigenvalue weighted by atomic mass is 10.2. The molecule has 0 aliphatic rings. The van der Waals surface area contributed by atoms with Crippen molar-refractivity contribution in [3.8, 4) is 0 Å². The molecule has 0 amide bonds. The molecule has 0 unspecified atom stereocenters. The first kappa shape index (κ1) is 14.4. The summed E-state index contributed by atoms with van der Waals surface area (Å²) in [5.74, 6) is -1.10. The smallest absolute Gasteiger partial charge is 0.160 e. The van der Waals surface area contributed by atoms with Gasteiger partial charge in [-0.2, -0.15) is 0 Å². The van der Waals surface area contributed by atoms with E-state index < -0.39 is 11.6 Å². The third kappa shape index (κ3) is 3.30. The van der Waals surface area contributed by atoms with E-state index in [9.17, 15) is 8.78 Å². The van der Waals surface area contributed by atoms with Crippen LogP contribution in [-0.2, 0) is 6.54 Å². The predicted molar refractivity (Wildman–Crippen MR) is 75.2 cm³/mol. The molecular formula is C13H8Cl3F2N. The van der Waals surface area contributed by atoms with Gasteiger partial charge in [-0.05, 0) is 24.3 Å². The number of rotatable bonds is 3. The van der Waals surface area contributed by atoms with E-state index in [-0.39, 0.29) is 16.6 Å². The van der Waals surface area contributed by atoms with Crippen LogP contribution >= 0.6 is 34.8 Å². The van der Waals surface area contributed by atoms with Gasteiger partial charge in [0, 0.05) is 22.8 Å². The summed E-state index contributed by atoms with van der Waals surface area (Å²) in [5, 5.41) is 3.00. The fraction of sp³-hybridized carbons (Fsp3) is 0.0769. The third-order valence-corrected chi connectivity index (χ3v) is 3.42. The molecule has 2 aromatic carbocycles. The average Bonchev–Trinajstić information content (AvgIpc) is 2.35. The highest BCUT2D eigenvalue weighted by molar-refractivity contribution is 6.35. The van der Waals surface area contributed by atoms with Gasteiger partial charge >= 0.3 is 0 Å². The van der Waals surface area contributed by atoms with E-state index in [1.165, 1.54) is 24.3 Å². The second-order valence-electron chi connectivity index (χ2n) is 3.81. The Labute approximate surface area is 124 Å². The first-order chi connectivity index (χ1) is 8.99. The zero-order chi connectivity index (χ0) is 14.0. The van der Waals surface area contributed by atoms with Crippen molar-refractivity contribution in [2.75, 3.05) is 5.32 Å². The number of hydrogen-bond acceptors (Lipinski definition) is 1. The minimum Gasteiger partial charge on any atom is -0.381 e. The van der Waals surface area contributed by atoms with Crippen LogP contribution in [0.1, 0.15) is 5.56 Å². The Morgan fingerprint density at radius 1 is 0.947 bits per heavy atom. The number of benzene rings is 2. The van der Waals surface area contributed by atoms with Crippen molar-refractivity contribution in [3.05, 3.63) is 62.6 Å². The van der Waals surface area contributed by atoms with Gasteiger partial charge in [0.15, 0.2) is 5.82 Å². The van der Waals surface area contributed by atoms with Gasteiger partial charge in [-0.1, -0.05) is 40.9 Å². The van der Waals surface area contributed by atoms with Crippen LogP contribution in [0.3, 0.4) is 0 Å². The van der Waals surface area contributed by atoms with E-state index >= 15 is 0 Å². The van der Waals surface area contributed by atoms with Crippen molar-refractivity contribution in [2.45, 2.75) is 6.54 Å². The first-order valence-electron chi connectivity index (χ1n) is 5.30. The molecule has 0 aliphatic heterocycles. The maximum atomic E-state index is 13.5. The molecule has 6 heteroatoms. The van der Waals surface area contributed by atoms with Crippen molar-refractivity contribution in [1.29, 1.82) is 0 Å². The van der Waals surface area contributed by atoms with E-state index in [0.717, 1.165) is 0 Å². The summed E-state index contributed by atoms with van der Waals surface area (Å²) in [5.41, 5.74) is 0.802. The molecule has 1 nitrogen and oxygen atoms in total. The van der Waals surface area contributed by atoms with Crippen molar-refractivity contribution in [1.82, 2.24) is 0 Å². The molecule has 19 heavy (non-hydrogen) atoms. The second kappa shape index (κ2) is 5.95. The molecule has 2 rings (SSSR count). The Hall–Kier alpha value is -1.03. The van der Waals surface area contributed by atoms with Gasteiger partial charge in [-0.3, -0.25) is 0 Å². The van der Waals surface area contributed by atoms with Crippen molar-refractivity contribution in [3.63, 3.8) is 0 Å². The second-order valence-corrected chi connectivity index (χ2v) is 5.03. The van der Waals surface area contributed by atoms with Crippen LogP contribution in [0.15, 0.2) is 30.3 Å². The van der Waals surface area contributed by atoms with Crippen LogP contribution in [-0.4, -0.2) is 0 Å². The summed E-state index contributed by atoms with van der Waals surface area (Å²) >= 11 is 17.2. The van der Waals surface area contributed by atoms with Gasteiger partial charge in [-0.25, -0.2) is 8.78 Å². The topological polar surface area (TPSA) is 12.0 Å². The van der Waals surface area contributed by atoms with E-state index in [4.69, 9.17) is 34.8 Å². The minimum atomic E-state index is -0.683. The van der Waals surface area contributed by atoms with Gasteiger partial charge in [0.2, 0.25) is 0 Å². The van der Waals surface area contributed by atoms with Gasteiger partial charge < -0.3 is 5.32 Å². The molecule has 2 aromatic rings. The highest BCUT2D eigenvalue weighted by Crippen LogP contribution is 2.28. The van der Waals surface area contributed by atoms with Crippen LogP contribution in [0.4, 0.5) is 14.5 Å². The molecule has 0 aliphatic carbocycles. The largest absolute Gasteiger partial charge is 0.381 e. The summed E-state index contributed by atoms with van der Waals surface area (Å²) in [7, 11) is 0. The number of anilines is 1. The third-order valence-electron chi connectivity index (χ3n) is 2.51. The normalized spacial score (nSPS) is 10.6. The summed E-state index contributed by atoms with van der Waals surface area (Å²) < 4.78 is 26.8. The fourth-order valence-electron chi connectivity index (χ4n) is 1.55. The minimum absolute atomic E-state index is 0.102. The van der Waals surface area contributed by atoms with E-state index in [1.54, 1.807) is 6.07 Å². The molecule has 0 spiro atoms. The molecule has 0 saturated heterocycles. The lowest BCUT2D eigenvalue weighted by molar-refractivity contribution is 0.613. The molecule has 0 radical (unpaired) electrons. The molecule has 100 valence electrons. The highest BCUT2D eigenvalue weighted by atomic mass is 35.5. The molecule has 0 atom stereocenters. The standard InChI is InChI=1S/C13H8Cl3F2N/c14-9-2-1-3-12(17)8(9)6-19-7-4-10(15)13(18)11(16)5-7/h1-5,19H,6H2. The molecule has 0 saturated carbocycles. The number of hydrogen-bond donors (Lipinski definition) is 1. The van der Waals surface area contributed by atoms with Crippen LogP contribution in [0.25, 0.3) is 0 Å². The van der Waals surface area contributed by atoms with Gasteiger partial charge in [-0.15, -0.1) is 0 Å². The van der Waals surface area contributed by atoms with Crippen molar-refractivity contribution in [2.24, 2.45) is 0 Å². The molecule has 1 N–H and O–H groups in total. The number of nitrogens with one attached hydrogen (secondary N) is 1. The van der Waals surface area contributed by atoms with Gasteiger partial charge in [0.25, 0.3) is 0 Å². The fourth-order valence-corrected chi connectivity index (χ4v) is 2.27. The molecular weight excluding hydrogens is 315 g/mol. The monoisotopic (exact) mass is 321 g/mol. The zero-order valence-electron chi connectivity index (χ0n) is 9.48. The molecule has 0 fully saturated rings.